The molecule has 0 aliphatic heterocycles. The number of hydrogen-bond acceptors (Lipinski definition) is 5. The topological polar surface area (TPSA) is 101 Å². The Hall–Kier alpha value is -2.41. The van der Waals surface area contributed by atoms with Crippen LogP contribution in [-0.2, 0) is 20.1 Å². The number of aromatic nitrogens is 3. The van der Waals surface area contributed by atoms with E-state index in [0.717, 1.165) is 11.4 Å². The average Bonchev–Trinajstić information content (AvgIpc) is 2.84. The Bertz CT molecular complexity index is 577. The molecule has 100 valence electrons. The Morgan fingerprint density at radius 1 is 1.47 bits per heavy atom. The van der Waals surface area contributed by atoms with Crippen LogP contribution in [0, 0.1) is 0 Å². The van der Waals surface area contributed by atoms with Crippen LogP contribution < -0.4 is 11.1 Å². The Morgan fingerprint density at radius 2 is 2.32 bits per heavy atom. The quantitative estimate of drug-likeness (QED) is 0.308. The highest BCUT2D eigenvalue weighted by atomic mass is 16.4. The maximum absolute atomic E-state index is 8.64. The molecule has 0 saturated heterocycles. The second kappa shape index (κ2) is 5.96. The molecule has 2 aromatic rings. The summed E-state index contributed by atoms with van der Waals surface area (Å²) in [6, 6.07) is 7.50. The van der Waals surface area contributed by atoms with Crippen molar-refractivity contribution in [3.63, 3.8) is 0 Å². The molecule has 0 amide bonds. The van der Waals surface area contributed by atoms with Crippen molar-refractivity contribution < 1.29 is 5.21 Å². The third-order valence-corrected chi connectivity index (χ3v) is 2.75. The summed E-state index contributed by atoms with van der Waals surface area (Å²) in [6.45, 7) is 1.30. The maximum Gasteiger partial charge on any atom is 0.170 e. The number of nitrogens with zero attached hydrogens (tertiary/aromatic N) is 4. The number of nitrogens with two attached hydrogens (primary N) is 1. The summed E-state index contributed by atoms with van der Waals surface area (Å²) >= 11 is 0. The predicted octanol–water partition coefficient (Wildman–Crippen LogP) is 0.199. The third kappa shape index (κ3) is 3.29. The molecule has 0 spiro atoms. The first-order chi connectivity index (χ1) is 9.20. The highest BCUT2D eigenvalue weighted by molar-refractivity contribution is 5.97. The van der Waals surface area contributed by atoms with Gasteiger partial charge in [-0.2, -0.15) is 0 Å². The van der Waals surface area contributed by atoms with E-state index in [2.05, 4.69) is 20.7 Å². The fourth-order valence-electron chi connectivity index (χ4n) is 1.68. The van der Waals surface area contributed by atoms with Gasteiger partial charge in [-0.05, 0) is 11.6 Å². The number of rotatable bonds is 5. The van der Waals surface area contributed by atoms with Crippen LogP contribution in [0.1, 0.15) is 17.0 Å². The van der Waals surface area contributed by atoms with Gasteiger partial charge >= 0.3 is 0 Å². The summed E-state index contributed by atoms with van der Waals surface area (Å²) in [5.41, 5.74) is 7.29. The van der Waals surface area contributed by atoms with Crippen molar-refractivity contribution in [2.24, 2.45) is 17.9 Å². The third-order valence-electron chi connectivity index (χ3n) is 2.75. The van der Waals surface area contributed by atoms with Crippen LogP contribution >= 0.6 is 0 Å². The van der Waals surface area contributed by atoms with Crippen LogP contribution in [0.25, 0.3) is 0 Å². The van der Waals surface area contributed by atoms with Crippen molar-refractivity contribution in [1.82, 2.24) is 20.1 Å². The van der Waals surface area contributed by atoms with Crippen molar-refractivity contribution in [3.8, 4) is 0 Å². The summed E-state index contributed by atoms with van der Waals surface area (Å²) in [6.07, 6.45) is 1.66. The van der Waals surface area contributed by atoms with Gasteiger partial charge in [-0.1, -0.05) is 23.4 Å². The van der Waals surface area contributed by atoms with Crippen LogP contribution in [0.15, 0.2) is 35.7 Å². The molecule has 0 atom stereocenters. The molecule has 1 aromatic heterocycles. The fourth-order valence-corrected chi connectivity index (χ4v) is 1.68. The van der Waals surface area contributed by atoms with Crippen LogP contribution in [0.4, 0.5) is 0 Å². The van der Waals surface area contributed by atoms with Gasteiger partial charge in [0.05, 0.1) is 6.54 Å². The van der Waals surface area contributed by atoms with E-state index < -0.39 is 0 Å². The van der Waals surface area contributed by atoms with Crippen molar-refractivity contribution in [3.05, 3.63) is 47.5 Å². The lowest BCUT2D eigenvalue weighted by molar-refractivity contribution is 0.318. The van der Waals surface area contributed by atoms with E-state index in [4.69, 9.17) is 10.9 Å². The summed E-state index contributed by atoms with van der Waals surface area (Å²) in [4.78, 5) is 0. The monoisotopic (exact) mass is 260 g/mol. The number of benzene rings is 1. The van der Waals surface area contributed by atoms with Gasteiger partial charge in [0.1, 0.15) is 12.2 Å². The van der Waals surface area contributed by atoms with Crippen LogP contribution in [-0.4, -0.2) is 25.8 Å². The van der Waals surface area contributed by atoms with Crippen molar-refractivity contribution >= 4 is 5.84 Å². The molecular formula is C12H16N6O. The molecule has 1 heterocycles. The van der Waals surface area contributed by atoms with Crippen LogP contribution in [0.2, 0.25) is 0 Å². The summed E-state index contributed by atoms with van der Waals surface area (Å²) in [5.74, 6) is 0.975. The molecule has 7 heteroatoms. The number of oxime groups is 1. The number of amidine groups is 1. The maximum atomic E-state index is 8.64. The molecule has 2 rings (SSSR count). The smallest absolute Gasteiger partial charge is 0.170 e. The number of aryl methyl sites for hydroxylation is 1. The van der Waals surface area contributed by atoms with Crippen molar-refractivity contribution in [2.45, 2.75) is 13.1 Å². The molecular weight excluding hydrogens is 244 g/mol. The summed E-state index contributed by atoms with van der Waals surface area (Å²) in [5, 5.41) is 22.7. The standard InChI is InChI=1S/C12H16N6O/c1-18-8-15-16-11(18)7-14-6-9-3-2-4-10(5-9)12(13)17-19/h2-5,8,14,19H,6-7H2,1H3,(H2,13,17). The van der Waals surface area contributed by atoms with Crippen LogP contribution in [0.3, 0.4) is 0 Å². The van der Waals surface area contributed by atoms with E-state index in [9.17, 15) is 0 Å². The van der Waals surface area contributed by atoms with Gasteiger partial charge in [0, 0.05) is 19.2 Å². The lowest BCUT2D eigenvalue weighted by Gasteiger charge is -2.06. The summed E-state index contributed by atoms with van der Waals surface area (Å²) < 4.78 is 1.86. The number of hydrogen-bond donors (Lipinski definition) is 3. The van der Waals surface area contributed by atoms with Gasteiger partial charge in [0.25, 0.3) is 0 Å². The fraction of sp³-hybridized carbons (Fsp3) is 0.250. The molecule has 4 N–H and O–H groups in total. The van der Waals surface area contributed by atoms with Gasteiger partial charge in [0.2, 0.25) is 0 Å². The highest BCUT2D eigenvalue weighted by Crippen LogP contribution is 2.05. The van der Waals surface area contributed by atoms with E-state index in [0.29, 0.717) is 18.7 Å². The van der Waals surface area contributed by atoms with Crippen molar-refractivity contribution in [2.75, 3.05) is 0 Å². The minimum Gasteiger partial charge on any atom is -0.409 e. The van der Waals surface area contributed by atoms with Gasteiger partial charge < -0.3 is 20.8 Å². The molecule has 19 heavy (non-hydrogen) atoms. The van der Waals surface area contributed by atoms with Gasteiger partial charge in [-0.25, -0.2) is 0 Å². The predicted molar refractivity (Wildman–Crippen MR) is 70.5 cm³/mol. The lowest BCUT2D eigenvalue weighted by atomic mass is 10.1. The summed E-state index contributed by atoms with van der Waals surface area (Å²) in [7, 11) is 1.90. The van der Waals surface area contributed by atoms with E-state index in [1.165, 1.54) is 0 Å². The largest absolute Gasteiger partial charge is 0.409 e. The minimum atomic E-state index is 0.107. The second-order valence-electron chi connectivity index (χ2n) is 4.15. The zero-order valence-electron chi connectivity index (χ0n) is 10.6. The van der Waals surface area contributed by atoms with E-state index in [1.807, 2.05) is 29.8 Å². The second-order valence-corrected chi connectivity index (χ2v) is 4.15. The molecule has 0 radical (unpaired) electrons. The van der Waals surface area contributed by atoms with E-state index in [1.54, 1.807) is 12.4 Å². The van der Waals surface area contributed by atoms with Gasteiger partial charge in [-0.15, -0.1) is 10.2 Å². The Morgan fingerprint density at radius 3 is 3.00 bits per heavy atom. The molecule has 0 saturated carbocycles. The van der Waals surface area contributed by atoms with Crippen molar-refractivity contribution in [1.29, 1.82) is 0 Å². The van der Waals surface area contributed by atoms with E-state index in [-0.39, 0.29) is 5.84 Å². The number of nitrogens with one attached hydrogen (secondary N) is 1. The first-order valence-corrected chi connectivity index (χ1v) is 5.81. The normalized spacial score (nSPS) is 11.7. The Labute approximate surface area is 110 Å². The van der Waals surface area contributed by atoms with Gasteiger partial charge in [-0.3, -0.25) is 0 Å². The van der Waals surface area contributed by atoms with E-state index >= 15 is 0 Å². The molecule has 0 fully saturated rings. The molecule has 7 nitrogen and oxygen atoms in total. The SMILES string of the molecule is Cn1cnnc1CNCc1cccc(C(N)=NO)c1. The molecule has 0 bridgehead atoms. The van der Waals surface area contributed by atoms with Gasteiger partial charge in [0.15, 0.2) is 5.84 Å². The molecule has 0 aliphatic rings. The molecule has 0 unspecified atom stereocenters. The molecule has 0 aliphatic carbocycles. The Kier molecular flexibility index (Phi) is 4.09. The van der Waals surface area contributed by atoms with Crippen LogP contribution in [0.5, 0.6) is 0 Å². The zero-order valence-corrected chi connectivity index (χ0v) is 10.6. The lowest BCUT2D eigenvalue weighted by Crippen LogP contribution is -2.17. The minimum absolute atomic E-state index is 0.107. The average molecular weight is 260 g/mol. The first kappa shape index (κ1) is 13.0. The highest BCUT2D eigenvalue weighted by Gasteiger charge is 2.02. The zero-order chi connectivity index (χ0) is 13.7. The molecule has 1 aromatic carbocycles. The first-order valence-electron chi connectivity index (χ1n) is 5.81. The Balaban J connectivity index is 1.95.